The minimum absolute atomic E-state index is 0.128. The molecule has 7 heteroatoms. The number of aliphatic hydroxyl groups excluding tert-OH is 1. The molecule has 0 aromatic carbocycles. The number of likely N-dealkylation sites (tertiary alicyclic amines) is 1. The van der Waals surface area contributed by atoms with Gasteiger partial charge >= 0.3 is 12.1 Å². The molecule has 1 fully saturated rings. The molecular formula is C12H21F3NO3+. The largest absolute Gasteiger partial charge is 0.466 e. The second kappa shape index (κ2) is 7.09. The van der Waals surface area contributed by atoms with E-state index in [2.05, 4.69) is 0 Å². The molecule has 0 aromatic rings. The fourth-order valence-corrected chi connectivity index (χ4v) is 2.28. The quantitative estimate of drug-likeness (QED) is 0.707. The van der Waals surface area contributed by atoms with Crippen molar-refractivity contribution >= 4 is 5.97 Å². The van der Waals surface area contributed by atoms with E-state index in [0.29, 0.717) is 32.5 Å². The van der Waals surface area contributed by atoms with Gasteiger partial charge in [0.05, 0.1) is 32.2 Å². The Labute approximate surface area is 110 Å². The number of hydrogen-bond acceptors (Lipinski definition) is 3. The van der Waals surface area contributed by atoms with E-state index >= 15 is 0 Å². The third-order valence-corrected chi connectivity index (χ3v) is 3.46. The highest BCUT2D eigenvalue weighted by atomic mass is 19.4. The van der Waals surface area contributed by atoms with Gasteiger partial charge < -0.3 is 14.7 Å². The fraction of sp³-hybridized carbons (Fsp3) is 0.917. The van der Waals surface area contributed by atoms with Crippen molar-refractivity contribution in [3.8, 4) is 0 Å². The Balaban J connectivity index is 2.25. The van der Waals surface area contributed by atoms with Crippen LogP contribution in [0.4, 0.5) is 13.2 Å². The Kier molecular flexibility index (Phi) is 6.06. The second-order valence-corrected chi connectivity index (χ2v) is 4.87. The third-order valence-electron chi connectivity index (χ3n) is 3.46. The average Bonchev–Trinajstić information content (AvgIpc) is 2.35. The highest BCUT2D eigenvalue weighted by Crippen LogP contribution is 2.21. The molecule has 0 amide bonds. The Morgan fingerprint density at radius 3 is 2.47 bits per heavy atom. The van der Waals surface area contributed by atoms with Crippen LogP contribution in [0.1, 0.15) is 26.2 Å². The number of aliphatic hydroxyl groups is 1. The Hall–Kier alpha value is -0.820. The Morgan fingerprint density at radius 2 is 2.00 bits per heavy atom. The summed E-state index contributed by atoms with van der Waals surface area (Å²) in [5.74, 6) is -0.340. The zero-order valence-corrected chi connectivity index (χ0v) is 11.0. The van der Waals surface area contributed by atoms with Crippen LogP contribution in [0, 0.1) is 5.92 Å². The van der Waals surface area contributed by atoms with Gasteiger partial charge in [0.15, 0.2) is 6.10 Å². The minimum atomic E-state index is -4.54. The number of carbonyl (C=O) groups excluding carboxylic acids is 1. The van der Waals surface area contributed by atoms with Crippen LogP contribution in [0.3, 0.4) is 0 Å². The van der Waals surface area contributed by atoms with Crippen molar-refractivity contribution in [2.45, 2.75) is 38.5 Å². The number of esters is 1. The average molecular weight is 284 g/mol. The molecule has 1 saturated heterocycles. The summed E-state index contributed by atoms with van der Waals surface area (Å²) < 4.78 is 41.3. The SMILES string of the molecule is CCOC(=O)C1CC[NH+](CC[C@@H](O)C(F)(F)F)CC1. The summed E-state index contributed by atoms with van der Waals surface area (Å²) in [6.07, 6.45) is -5.80. The van der Waals surface area contributed by atoms with Crippen molar-refractivity contribution in [1.29, 1.82) is 0 Å². The standard InChI is InChI=1S/C12H20F3NO3/c1-2-19-11(18)9-3-6-16(7-4-9)8-5-10(17)12(13,14)15/h9-10,17H,2-8H2,1H3/p+1/t10-/m1/s1. The van der Waals surface area contributed by atoms with Crippen LogP contribution in [0.2, 0.25) is 0 Å². The normalized spacial score (nSPS) is 25.9. The lowest BCUT2D eigenvalue weighted by atomic mass is 9.97. The predicted molar refractivity (Wildman–Crippen MR) is 61.6 cm³/mol. The summed E-state index contributed by atoms with van der Waals surface area (Å²) in [6.45, 7) is 3.67. The lowest BCUT2D eigenvalue weighted by molar-refractivity contribution is -0.906. The maximum atomic E-state index is 12.1. The molecule has 0 radical (unpaired) electrons. The van der Waals surface area contributed by atoms with Crippen molar-refractivity contribution in [2.24, 2.45) is 5.92 Å². The molecule has 1 heterocycles. The Bertz CT molecular complexity index is 288. The first-order chi connectivity index (χ1) is 8.84. The van der Waals surface area contributed by atoms with Crippen LogP contribution in [0.5, 0.6) is 0 Å². The highest BCUT2D eigenvalue weighted by Gasteiger charge is 2.39. The first-order valence-corrected chi connectivity index (χ1v) is 6.59. The molecule has 4 nitrogen and oxygen atoms in total. The molecule has 1 atom stereocenters. The van der Waals surface area contributed by atoms with E-state index in [0.717, 1.165) is 4.90 Å². The molecule has 1 aliphatic rings. The molecule has 0 spiro atoms. The number of hydrogen-bond donors (Lipinski definition) is 2. The molecule has 0 bridgehead atoms. The summed E-state index contributed by atoms with van der Waals surface area (Å²) >= 11 is 0. The van der Waals surface area contributed by atoms with Crippen molar-refractivity contribution < 1.29 is 32.7 Å². The summed E-state index contributed by atoms with van der Waals surface area (Å²) in [4.78, 5) is 12.5. The first kappa shape index (κ1) is 16.2. The van der Waals surface area contributed by atoms with Gasteiger partial charge in [-0.25, -0.2) is 0 Å². The van der Waals surface area contributed by atoms with Crippen LogP contribution >= 0.6 is 0 Å². The van der Waals surface area contributed by atoms with Crippen LogP contribution in [0.15, 0.2) is 0 Å². The van der Waals surface area contributed by atoms with Crippen molar-refractivity contribution in [3.05, 3.63) is 0 Å². The maximum absolute atomic E-state index is 12.1. The van der Waals surface area contributed by atoms with Crippen molar-refractivity contribution in [2.75, 3.05) is 26.2 Å². The Morgan fingerprint density at radius 1 is 1.42 bits per heavy atom. The number of nitrogens with one attached hydrogen (secondary N) is 1. The number of alkyl halides is 3. The monoisotopic (exact) mass is 284 g/mol. The molecule has 112 valence electrons. The van der Waals surface area contributed by atoms with E-state index in [4.69, 9.17) is 9.84 Å². The van der Waals surface area contributed by atoms with Crippen LogP contribution in [-0.4, -0.2) is 49.6 Å². The number of quaternary nitrogens is 1. The lowest BCUT2D eigenvalue weighted by Gasteiger charge is -2.28. The van der Waals surface area contributed by atoms with E-state index in [1.54, 1.807) is 6.92 Å². The van der Waals surface area contributed by atoms with Gasteiger partial charge in [-0.15, -0.1) is 0 Å². The van der Waals surface area contributed by atoms with E-state index in [-0.39, 0.29) is 24.9 Å². The smallest absolute Gasteiger partial charge is 0.414 e. The molecule has 0 saturated carbocycles. The highest BCUT2D eigenvalue weighted by molar-refractivity contribution is 5.72. The van der Waals surface area contributed by atoms with E-state index < -0.39 is 12.3 Å². The predicted octanol–water partition coefficient (Wildman–Crippen LogP) is 0.158. The van der Waals surface area contributed by atoms with Gasteiger partial charge in [-0.05, 0) is 6.92 Å². The molecule has 0 unspecified atom stereocenters. The molecule has 19 heavy (non-hydrogen) atoms. The number of piperidine rings is 1. The van der Waals surface area contributed by atoms with Crippen LogP contribution in [0.25, 0.3) is 0 Å². The summed E-state index contributed by atoms with van der Waals surface area (Å²) in [5.41, 5.74) is 0. The summed E-state index contributed by atoms with van der Waals surface area (Å²) in [6, 6.07) is 0. The topological polar surface area (TPSA) is 51.0 Å². The van der Waals surface area contributed by atoms with Gasteiger partial charge in [-0.2, -0.15) is 13.2 Å². The van der Waals surface area contributed by atoms with Gasteiger partial charge in [-0.3, -0.25) is 4.79 Å². The third kappa shape index (κ3) is 5.36. The number of rotatable bonds is 5. The van der Waals surface area contributed by atoms with Gasteiger partial charge in [0.25, 0.3) is 0 Å². The summed E-state index contributed by atoms with van der Waals surface area (Å²) in [7, 11) is 0. The second-order valence-electron chi connectivity index (χ2n) is 4.87. The zero-order chi connectivity index (χ0) is 14.5. The lowest BCUT2D eigenvalue weighted by Crippen LogP contribution is -3.13. The van der Waals surface area contributed by atoms with Gasteiger partial charge in [0.1, 0.15) is 0 Å². The first-order valence-electron chi connectivity index (χ1n) is 6.59. The van der Waals surface area contributed by atoms with Crippen molar-refractivity contribution in [1.82, 2.24) is 0 Å². The van der Waals surface area contributed by atoms with Crippen molar-refractivity contribution in [3.63, 3.8) is 0 Å². The summed E-state index contributed by atoms with van der Waals surface area (Å²) in [5, 5.41) is 8.91. The molecule has 0 aromatic heterocycles. The van der Waals surface area contributed by atoms with E-state index in [1.807, 2.05) is 0 Å². The van der Waals surface area contributed by atoms with Gasteiger partial charge in [0, 0.05) is 19.3 Å². The van der Waals surface area contributed by atoms with Gasteiger partial charge in [0.2, 0.25) is 0 Å². The minimum Gasteiger partial charge on any atom is -0.466 e. The molecule has 1 rings (SSSR count). The molecule has 2 N–H and O–H groups in total. The van der Waals surface area contributed by atoms with Crippen LogP contribution < -0.4 is 4.90 Å². The number of ether oxygens (including phenoxy) is 1. The van der Waals surface area contributed by atoms with E-state index in [1.165, 1.54) is 0 Å². The fourth-order valence-electron chi connectivity index (χ4n) is 2.28. The molecule has 0 aliphatic carbocycles. The molecular weight excluding hydrogens is 263 g/mol. The zero-order valence-electron chi connectivity index (χ0n) is 11.0. The molecule has 1 aliphatic heterocycles. The van der Waals surface area contributed by atoms with E-state index in [9.17, 15) is 18.0 Å². The maximum Gasteiger partial charge on any atom is 0.414 e. The van der Waals surface area contributed by atoms with Gasteiger partial charge in [-0.1, -0.05) is 0 Å². The number of halogens is 3. The van der Waals surface area contributed by atoms with Crippen LogP contribution in [-0.2, 0) is 9.53 Å². The number of carbonyl (C=O) groups is 1.